The van der Waals surface area contributed by atoms with Gasteiger partial charge in [-0.15, -0.1) is 0 Å². The van der Waals surface area contributed by atoms with Crippen LogP contribution >= 0.6 is 11.6 Å². The Balaban J connectivity index is 2.33. The standard InChI is InChI=1S/C19H23ClF3N5O5S/c1-3-27(16-12-28(25-17(16)20)14-5-4-7-24-11-14)18(29)15(26-33-9-8-32-2)13-34(30,31)10-6-19(21,22)23/h4-5,7,11-12H,3,6,8-10,13H2,1-2H3/b26-15-. The molecule has 1 amide bonds. The first-order valence-corrected chi connectivity index (χ1v) is 12.1. The van der Waals surface area contributed by atoms with Crippen LogP contribution in [0.4, 0.5) is 18.9 Å². The number of carbonyl (C=O) groups is 1. The van der Waals surface area contributed by atoms with Gasteiger partial charge in [-0.2, -0.15) is 18.3 Å². The lowest BCUT2D eigenvalue weighted by molar-refractivity contribution is -0.129. The number of alkyl halides is 3. The largest absolute Gasteiger partial charge is 0.393 e. The summed E-state index contributed by atoms with van der Waals surface area (Å²) in [5.41, 5.74) is 0.0753. The highest BCUT2D eigenvalue weighted by atomic mass is 35.5. The lowest BCUT2D eigenvalue weighted by Gasteiger charge is -2.20. The Morgan fingerprint density at radius 2 is 2.06 bits per heavy atom. The monoisotopic (exact) mass is 525 g/mol. The molecule has 0 aromatic carbocycles. The Bertz CT molecular complexity index is 1090. The minimum absolute atomic E-state index is 0.0248. The number of anilines is 1. The van der Waals surface area contributed by atoms with Crippen molar-refractivity contribution in [3.05, 3.63) is 35.9 Å². The number of ether oxygens (including phenoxy) is 1. The minimum atomic E-state index is -4.67. The van der Waals surface area contributed by atoms with Crippen molar-refractivity contribution in [1.82, 2.24) is 14.8 Å². The van der Waals surface area contributed by atoms with Crippen molar-refractivity contribution in [2.45, 2.75) is 19.5 Å². The third-order valence-electron chi connectivity index (χ3n) is 4.27. The predicted molar refractivity (Wildman–Crippen MR) is 119 cm³/mol. The molecular weight excluding hydrogens is 503 g/mol. The van der Waals surface area contributed by atoms with Gasteiger partial charge in [0.15, 0.2) is 20.7 Å². The lowest BCUT2D eigenvalue weighted by Crippen LogP contribution is -2.40. The van der Waals surface area contributed by atoms with E-state index in [2.05, 4.69) is 15.2 Å². The van der Waals surface area contributed by atoms with Crippen LogP contribution < -0.4 is 4.90 Å². The molecule has 10 nitrogen and oxygen atoms in total. The van der Waals surface area contributed by atoms with E-state index in [-0.39, 0.29) is 30.6 Å². The van der Waals surface area contributed by atoms with Crippen molar-refractivity contribution in [2.24, 2.45) is 5.16 Å². The van der Waals surface area contributed by atoms with Crippen LogP contribution in [0.5, 0.6) is 0 Å². The molecule has 0 radical (unpaired) electrons. The van der Waals surface area contributed by atoms with Gasteiger partial charge in [-0.1, -0.05) is 16.8 Å². The summed E-state index contributed by atoms with van der Waals surface area (Å²) in [6.07, 6.45) is -1.73. The van der Waals surface area contributed by atoms with E-state index in [1.165, 1.54) is 24.2 Å². The molecular formula is C19H23ClF3N5O5S. The maximum atomic E-state index is 13.2. The Morgan fingerprint density at radius 1 is 1.32 bits per heavy atom. The van der Waals surface area contributed by atoms with Crippen molar-refractivity contribution in [1.29, 1.82) is 0 Å². The van der Waals surface area contributed by atoms with E-state index in [1.807, 2.05) is 0 Å². The predicted octanol–water partition coefficient (Wildman–Crippen LogP) is 2.66. The quantitative estimate of drug-likeness (QED) is 0.237. The Kier molecular flexibility index (Phi) is 9.82. The summed E-state index contributed by atoms with van der Waals surface area (Å²) in [6.45, 7) is 1.60. The maximum absolute atomic E-state index is 13.2. The molecule has 2 heterocycles. The average molecular weight is 526 g/mol. The maximum Gasteiger partial charge on any atom is 0.390 e. The number of rotatable bonds is 12. The van der Waals surface area contributed by atoms with E-state index in [0.717, 1.165) is 4.90 Å². The van der Waals surface area contributed by atoms with Gasteiger partial charge in [-0.25, -0.2) is 13.1 Å². The van der Waals surface area contributed by atoms with Gasteiger partial charge in [0.25, 0.3) is 5.91 Å². The number of nitrogens with zero attached hydrogens (tertiary/aromatic N) is 5. The highest BCUT2D eigenvalue weighted by Gasteiger charge is 2.33. The number of pyridine rings is 1. The van der Waals surface area contributed by atoms with Crippen LogP contribution in [0.3, 0.4) is 0 Å². The van der Waals surface area contributed by atoms with Gasteiger partial charge < -0.3 is 14.5 Å². The third kappa shape index (κ3) is 8.25. The summed E-state index contributed by atoms with van der Waals surface area (Å²) in [4.78, 5) is 23.2. The van der Waals surface area contributed by atoms with Crippen molar-refractivity contribution in [3.8, 4) is 5.69 Å². The molecule has 34 heavy (non-hydrogen) atoms. The summed E-state index contributed by atoms with van der Waals surface area (Å²) < 4.78 is 68.3. The highest BCUT2D eigenvalue weighted by molar-refractivity contribution is 7.92. The van der Waals surface area contributed by atoms with Crippen LogP contribution in [0.15, 0.2) is 35.9 Å². The SMILES string of the molecule is CCN(C(=O)/C(CS(=O)(=O)CCC(F)(F)F)=N\OCCOC)c1cn(-c2cccnc2)nc1Cl. The number of halogens is 4. The summed E-state index contributed by atoms with van der Waals surface area (Å²) in [5.74, 6) is -3.17. The van der Waals surface area contributed by atoms with Gasteiger partial charge in [0.1, 0.15) is 18.0 Å². The number of hydrogen-bond donors (Lipinski definition) is 0. The number of methoxy groups -OCH3 is 1. The topological polar surface area (TPSA) is 116 Å². The third-order valence-corrected chi connectivity index (χ3v) is 6.08. The van der Waals surface area contributed by atoms with Gasteiger partial charge in [-0.3, -0.25) is 9.78 Å². The number of hydrogen-bond acceptors (Lipinski definition) is 8. The molecule has 0 aliphatic rings. The van der Waals surface area contributed by atoms with E-state index in [0.29, 0.717) is 5.69 Å². The summed E-state index contributed by atoms with van der Waals surface area (Å²) in [5, 5.41) is 7.64. The fourth-order valence-corrected chi connectivity index (χ4v) is 4.16. The number of aromatic nitrogens is 3. The minimum Gasteiger partial charge on any atom is -0.393 e. The van der Waals surface area contributed by atoms with Gasteiger partial charge in [0.05, 0.1) is 36.9 Å². The van der Waals surface area contributed by atoms with Crippen LogP contribution in [0.25, 0.3) is 5.69 Å². The molecule has 0 bridgehead atoms. The van der Waals surface area contributed by atoms with Gasteiger partial charge in [0.2, 0.25) is 0 Å². The zero-order valence-electron chi connectivity index (χ0n) is 18.3. The van der Waals surface area contributed by atoms with Crippen molar-refractivity contribution >= 4 is 38.7 Å². The number of sulfone groups is 1. The van der Waals surface area contributed by atoms with E-state index in [1.54, 1.807) is 25.3 Å². The van der Waals surface area contributed by atoms with Crippen LogP contribution in [0, 0.1) is 0 Å². The lowest BCUT2D eigenvalue weighted by atomic mass is 10.3. The first-order valence-electron chi connectivity index (χ1n) is 9.89. The second-order valence-electron chi connectivity index (χ2n) is 6.83. The van der Waals surface area contributed by atoms with E-state index in [4.69, 9.17) is 21.2 Å². The fourth-order valence-electron chi connectivity index (χ4n) is 2.65. The summed E-state index contributed by atoms with van der Waals surface area (Å²) in [7, 11) is -2.95. The summed E-state index contributed by atoms with van der Waals surface area (Å²) >= 11 is 6.22. The van der Waals surface area contributed by atoms with Crippen molar-refractivity contribution in [3.63, 3.8) is 0 Å². The first-order chi connectivity index (χ1) is 16.0. The first kappa shape index (κ1) is 27.5. The fraction of sp³-hybridized carbons (Fsp3) is 0.474. The second kappa shape index (κ2) is 12.1. The average Bonchev–Trinajstić information content (AvgIpc) is 3.16. The molecule has 0 aliphatic heterocycles. The molecule has 2 aromatic rings. The molecule has 0 aliphatic carbocycles. The normalized spacial score (nSPS) is 12.6. The molecule has 15 heteroatoms. The Hall–Kier alpha value is -2.71. The highest BCUT2D eigenvalue weighted by Crippen LogP contribution is 2.26. The van der Waals surface area contributed by atoms with Crippen molar-refractivity contribution in [2.75, 3.05) is 43.3 Å². The molecule has 0 spiro atoms. The molecule has 0 saturated carbocycles. The molecule has 0 fully saturated rings. The zero-order chi connectivity index (χ0) is 25.4. The van der Waals surface area contributed by atoms with Crippen LogP contribution in [-0.2, 0) is 24.2 Å². The van der Waals surface area contributed by atoms with Gasteiger partial charge in [0, 0.05) is 19.9 Å². The Labute approximate surface area is 199 Å². The van der Waals surface area contributed by atoms with E-state index in [9.17, 15) is 26.4 Å². The van der Waals surface area contributed by atoms with E-state index < -0.39 is 45.6 Å². The molecule has 0 atom stereocenters. The van der Waals surface area contributed by atoms with Gasteiger partial charge >= 0.3 is 6.18 Å². The summed E-state index contributed by atoms with van der Waals surface area (Å²) in [6, 6.07) is 3.36. The number of oxime groups is 1. The van der Waals surface area contributed by atoms with Gasteiger partial charge in [-0.05, 0) is 19.1 Å². The second-order valence-corrected chi connectivity index (χ2v) is 9.37. The van der Waals surface area contributed by atoms with Crippen molar-refractivity contribution < 1.29 is 36.0 Å². The molecule has 0 saturated heterocycles. The zero-order valence-corrected chi connectivity index (χ0v) is 19.9. The number of amides is 1. The van der Waals surface area contributed by atoms with Crippen LogP contribution in [-0.4, -0.2) is 79.4 Å². The Morgan fingerprint density at radius 3 is 2.65 bits per heavy atom. The molecule has 2 rings (SSSR count). The molecule has 188 valence electrons. The van der Waals surface area contributed by atoms with Crippen LogP contribution in [0.1, 0.15) is 13.3 Å². The molecule has 0 unspecified atom stereocenters. The van der Waals surface area contributed by atoms with E-state index >= 15 is 0 Å². The molecule has 0 N–H and O–H groups in total. The van der Waals surface area contributed by atoms with Crippen LogP contribution in [0.2, 0.25) is 5.15 Å². The number of carbonyl (C=O) groups excluding carboxylic acids is 1. The smallest absolute Gasteiger partial charge is 0.390 e. The molecule has 2 aromatic heterocycles.